The molecule has 2 unspecified atom stereocenters. The summed E-state index contributed by atoms with van der Waals surface area (Å²) in [4.78, 5) is 2.63. The van der Waals surface area contributed by atoms with Crippen molar-refractivity contribution in [3.8, 4) is 0 Å². The maximum atomic E-state index is 3.63. The van der Waals surface area contributed by atoms with Crippen LogP contribution >= 0.6 is 0 Å². The Morgan fingerprint density at radius 2 is 2.06 bits per heavy atom. The lowest BCUT2D eigenvalue weighted by molar-refractivity contribution is 0.169. The number of likely N-dealkylation sites (tertiary alicyclic amines) is 1. The van der Waals surface area contributed by atoms with Crippen molar-refractivity contribution in [3.05, 3.63) is 0 Å². The summed E-state index contributed by atoms with van der Waals surface area (Å²) in [5.41, 5.74) is 0. The first-order chi connectivity index (χ1) is 7.58. The molecule has 0 amide bonds. The average Bonchev–Trinajstić information content (AvgIpc) is 2.16. The Morgan fingerprint density at radius 1 is 1.31 bits per heavy atom. The zero-order valence-corrected chi connectivity index (χ0v) is 11.6. The summed E-state index contributed by atoms with van der Waals surface area (Å²) < 4.78 is 0. The molecule has 2 heteroatoms. The molecule has 2 nitrogen and oxygen atoms in total. The van der Waals surface area contributed by atoms with Crippen LogP contribution in [0.25, 0.3) is 0 Å². The van der Waals surface area contributed by atoms with Gasteiger partial charge in [0.05, 0.1) is 0 Å². The number of rotatable bonds is 6. The van der Waals surface area contributed by atoms with Gasteiger partial charge >= 0.3 is 0 Å². The van der Waals surface area contributed by atoms with E-state index in [1.165, 1.54) is 45.4 Å². The number of nitrogens with one attached hydrogen (secondary N) is 1. The van der Waals surface area contributed by atoms with E-state index in [0.29, 0.717) is 6.04 Å². The van der Waals surface area contributed by atoms with E-state index < -0.39 is 0 Å². The molecule has 0 aliphatic carbocycles. The molecule has 1 aliphatic heterocycles. The molecule has 1 rings (SSSR count). The summed E-state index contributed by atoms with van der Waals surface area (Å²) in [5.74, 6) is 1.71. The number of hydrogen-bond donors (Lipinski definition) is 1. The van der Waals surface area contributed by atoms with Crippen molar-refractivity contribution in [1.29, 1.82) is 0 Å². The molecule has 0 aromatic heterocycles. The standard InChI is InChI=1S/C14H30N2/c1-12(2)7-8-15-14(4)11-16-9-5-6-13(3)10-16/h12-15H,5-11H2,1-4H3. The maximum Gasteiger partial charge on any atom is 0.0166 e. The summed E-state index contributed by atoms with van der Waals surface area (Å²) in [7, 11) is 0. The molecule has 1 N–H and O–H groups in total. The smallest absolute Gasteiger partial charge is 0.0166 e. The van der Waals surface area contributed by atoms with Crippen molar-refractivity contribution in [2.45, 2.75) is 53.0 Å². The van der Waals surface area contributed by atoms with Crippen LogP contribution < -0.4 is 5.32 Å². The van der Waals surface area contributed by atoms with Crippen LogP contribution in [0.4, 0.5) is 0 Å². The molecule has 0 saturated carbocycles. The van der Waals surface area contributed by atoms with Gasteiger partial charge in [-0.15, -0.1) is 0 Å². The minimum Gasteiger partial charge on any atom is -0.313 e. The van der Waals surface area contributed by atoms with Crippen molar-refractivity contribution >= 4 is 0 Å². The van der Waals surface area contributed by atoms with Gasteiger partial charge in [0.1, 0.15) is 0 Å². The zero-order valence-electron chi connectivity index (χ0n) is 11.6. The Morgan fingerprint density at radius 3 is 2.69 bits per heavy atom. The zero-order chi connectivity index (χ0) is 12.0. The van der Waals surface area contributed by atoms with Crippen molar-refractivity contribution in [3.63, 3.8) is 0 Å². The van der Waals surface area contributed by atoms with E-state index in [2.05, 4.69) is 37.9 Å². The van der Waals surface area contributed by atoms with E-state index in [1.807, 2.05) is 0 Å². The summed E-state index contributed by atoms with van der Waals surface area (Å²) in [5, 5.41) is 3.63. The predicted octanol–water partition coefficient (Wildman–Crippen LogP) is 2.74. The van der Waals surface area contributed by atoms with Crippen LogP contribution in [0.2, 0.25) is 0 Å². The molecule has 0 aromatic carbocycles. The van der Waals surface area contributed by atoms with Gasteiger partial charge in [0, 0.05) is 19.1 Å². The van der Waals surface area contributed by atoms with E-state index in [9.17, 15) is 0 Å². The second-order valence-electron chi connectivity index (χ2n) is 6.04. The molecule has 16 heavy (non-hydrogen) atoms. The lowest BCUT2D eigenvalue weighted by Crippen LogP contribution is -2.43. The fourth-order valence-corrected chi connectivity index (χ4v) is 2.52. The first kappa shape index (κ1) is 14.0. The van der Waals surface area contributed by atoms with Crippen molar-refractivity contribution in [2.75, 3.05) is 26.2 Å². The second kappa shape index (κ2) is 7.29. The topological polar surface area (TPSA) is 15.3 Å². The van der Waals surface area contributed by atoms with Crippen molar-refractivity contribution in [1.82, 2.24) is 10.2 Å². The van der Waals surface area contributed by atoms with Gasteiger partial charge in [0.15, 0.2) is 0 Å². The number of nitrogens with zero attached hydrogens (tertiary/aromatic N) is 1. The molecule has 2 atom stereocenters. The Hall–Kier alpha value is -0.0800. The van der Waals surface area contributed by atoms with Gasteiger partial charge in [0.25, 0.3) is 0 Å². The van der Waals surface area contributed by atoms with E-state index in [0.717, 1.165) is 11.8 Å². The minimum atomic E-state index is 0.643. The molecular weight excluding hydrogens is 196 g/mol. The molecule has 1 fully saturated rings. The molecule has 0 radical (unpaired) electrons. The Bertz CT molecular complexity index is 180. The lowest BCUT2D eigenvalue weighted by atomic mass is 10.00. The third-order valence-corrected chi connectivity index (χ3v) is 3.49. The fourth-order valence-electron chi connectivity index (χ4n) is 2.52. The Kier molecular flexibility index (Phi) is 6.37. The highest BCUT2D eigenvalue weighted by Gasteiger charge is 2.17. The van der Waals surface area contributed by atoms with E-state index in [1.54, 1.807) is 0 Å². The first-order valence-corrected chi connectivity index (χ1v) is 7.03. The van der Waals surface area contributed by atoms with Gasteiger partial charge in [-0.05, 0) is 51.1 Å². The van der Waals surface area contributed by atoms with Gasteiger partial charge in [0.2, 0.25) is 0 Å². The highest BCUT2D eigenvalue weighted by atomic mass is 15.2. The van der Waals surface area contributed by atoms with E-state index in [4.69, 9.17) is 0 Å². The van der Waals surface area contributed by atoms with Crippen LogP contribution in [-0.2, 0) is 0 Å². The van der Waals surface area contributed by atoms with Crippen molar-refractivity contribution < 1.29 is 0 Å². The third kappa shape index (κ3) is 5.86. The first-order valence-electron chi connectivity index (χ1n) is 7.03. The highest BCUT2D eigenvalue weighted by Crippen LogP contribution is 2.15. The largest absolute Gasteiger partial charge is 0.313 e. The van der Waals surface area contributed by atoms with Crippen LogP contribution in [-0.4, -0.2) is 37.1 Å². The van der Waals surface area contributed by atoms with Gasteiger partial charge in [-0.25, -0.2) is 0 Å². The number of piperidine rings is 1. The van der Waals surface area contributed by atoms with Crippen LogP contribution in [0.1, 0.15) is 47.0 Å². The van der Waals surface area contributed by atoms with Crippen LogP contribution in [0.3, 0.4) is 0 Å². The average molecular weight is 226 g/mol. The molecule has 96 valence electrons. The van der Waals surface area contributed by atoms with Gasteiger partial charge in [-0.1, -0.05) is 20.8 Å². The minimum absolute atomic E-state index is 0.643. The Labute approximate surface area is 102 Å². The predicted molar refractivity (Wildman–Crippen MR) is 71.8 cm³/mol. The van der Waals surface area contributed by atoms with Crippen LogP contribution in [0.15, 0.2) is 0 Å². The van der Waals surface area contributed by atoms with Gasteiger partial charge in [-0.2, -0.15) is 0 Å². The summed E-state index contributed by atoms with van der Waals surface area (Å²) in [6, 6.07) is 0.643. The third-order valence-electron chi connectivity index (χ3n) is 3.49. The molecule has 0 spiro atoms. The quantitative estimate of drug-likeness (QED) is 0.749. The molecule has 0 aromatic rings. The highest BCUT2D eigenvalue weighted by molar-refractivity contribution is 4.74. The van der Waals surface area contributed by atoms with Crippen LogP contribution in [0, 0.1) is 11.8 Å². The SMILES string of the molecule is CC(C)CCNC(C)CN1CCCC(C)C1. The Balaban J connectivity index is 2.10. The molecular formula is C14H30N2. The second-order valence-corrected chi connectivity index (χ2v) is 6.04. The van der Waals surface area contributed by atoms with Crippen LogP contribution in [0.5, 0.6) is 0 Å². The summed E-state index contributed by atoms with van der Waals surface area (Å²) in [6.45, 7) is 14.3. The lowest BCUT2D eigenvalue weighted by Gasteiger charge is -2.33. The monoisotopic (exact) mass is 226 g/mol. The molecule has 1 heterocycles. The maximum absolute atomic E-state index is 3.63. The van der Waals surface area contributed by atoms with E-state index in [-0.39, 0.29) is 0 Å². The van der Waals surface area contributed by atoms with Crippen molar-refractivity contribution in [2.24, 2.45) is 11.8 Å². The van der Waals surface area contributed by atoms with Gasteiger partial charge in [-0.3, -0.25) is 0 Å². The normalized spacial score (nSPS) is 24.9. The molecule has 0 bridgehead atoms. The summed E-state index contributed by atoms with van der Waals surface area (Å²) in [6.07, 6.45) is 4.10. The van der Waals surface area contributed by atoms with E-state index >= 15 is 0 Å². The number of hydrogen-bond acceptors (Lipinski definition) is 2. The molecule has 1 aliphatic rings. The summed E-state index contributed by atoms with van der Waals surface area (Å²) >= 11 is 0. The van der Waals surface area contributed by atoms with Gasteiger partial charge < -0.3 is 10.2 Å². The molecule has 1 saturated heterocycles. The fraction of sp³-hybridized carbons (Fsp3) is 1.00.